The lowest BCUT2D eigenvalue weighted by Crippen LogP contribution is -2.28. The van der Waals surface area contributed by atoms with Crippen molar-refractivity contribution in [2.24, 2.45) is 5.92 Å². The predicted octanol–water partition coefficient (Wildman–Crippen LogP) is 3.38. The molecular formula is C16H25N5S2. The standard InChI is InChI=1S/C16H25N5S2/c1-11(2)15-18-16(23-19-15)21-6-5-13(8-21)7-20(4)9-14-12(3)17-10-22-14/h10-11,13H,5-9H2,1-4H3/t13-/m0/s1. The molecule has 1 atom stereocenters. The molecule has 0 spiro atoms. The van der Waals surface area contributed by atoms with Crippen molar-refractivity contribution in [3.63, 3.8) is 0 Å². The van der Waals surface area contributed by atoms with Crippen LogP contribution in [0.15, 0.2) is 5.51 Å². The molecule has 0 amide bonds. The van der Waals surface area contributed by atoms with Gasteiger partial charge in [0.2, 0.25) is 5.13 Å². The van der Waals surface area contributed by atoms with Gasteiger partial charge in [0.15, 0.2) is 0 Å². The molecule has 0 radical (unpaired) electrons. The SMILES string of the molecule is Cc1ncsc1CN(C)C[C@@H]1CCN(c2nc(C(C)C)ns2)C1. The molecule has 0 N–H and O–H groups in total. The van der Waals surface area contributed by atoms with E-state index in [1.54, 1.807) is 22.9 Å². The molecule has 126 valence electrons. The zero-order chi connectivity index (χ0) is 16.4. The molecule has 0 saturated carbocycles. The third-order valence-electron chi connectivity index (χ3n) is 4.33. The van der Waals surface area contributed by atoms with Gasteiger partial charge in [0, 0.05) is 48.5 Å². The molecule has 5 nitrogen and oxygen atoms in total. The molecule has 1 saturated heterocycles. The first-order valence-electron chi connectivity index (χ1n) is 8.19. The minimum atomic E-state index is 0.409. The quantitative estimate of drug-likeness (QED) is 0.798. The summed E-state index contributed by atoms with van der Waals surface area (Å²) in [7, 11) is 2.21. The summed E-state index contributed by atoms with van der Waals surface area (Å²) in [5.41, 5.74) is 3.11. The van der Waals surface area contributed by atoms with Crippen LogP contribution in [0.2, 0.25) is 0 Å². The number of thiazole rings is 1. The zero-order valence-corrected chi connectivity index (χ0v) is 16.0. The Hall–Kier alpha value is -1.05. The van der Waals surface area contributed by atoms with E-state index in [9.17, 15) is 0 Å². The summed E-state index contributed by atoms with van der Waals surface area (Å²) in [4.78, 5) is 15.2. The van der Waals surface area contributed by atoms with Crippen molar-refractivity contribution >= 4 is 28.0 Å². The molecular weight excluding hydrogens is 326 g/mol. The molecule has 2 aromatic rings. The minimum Gasteiger partial charge on any atom is -0.347 e. The zero-order valence-electron chi connectivity index (χ0n) is 14.3. The Morgan fingerprint density at radius 2 is 2.26 bits per heavy atom. The van der Waals surface area contributed by atoms with Gasteiger partial charge in [0.1, 0.15) is 5.82 Å². The highest BCUT2D eigenvalue weighted by Crippen LogP contribution is 2.27. The van der Waals surface area contributed by atoms with Crippen molar-refractivity contribution < 1.29 is 0 Å². The summed E-state index contributed by atoms with van der Waals surface area (Å²) in [6.07, 6.45) is 1.24. The van der Waals surface area contributed by atoms with Crippen LogP contribution < -0.4 is 4.90 Å². The van der Waals surface area contributed by atoms with Gasteiger partial charge < -0.3 is 9.80 Å². The topological polar surface area (TPSA) is 45.2 Å². The van der Waals surface area contributed by atoms with Gasteiger partial charge in [-0.05, 0) is 26.3 Å². The number of hydrogen-bond acceptors (Lipinski definition) is 7. The van der Waals surface area contributed by atoms with Crippen molar-refractivity contribution in [1.82, 2.24) is 19.2 Å². The number of aryl methyl sites for hydroxylation is 1. The molecule has 1 fully saturated rings. The Kier molecular flexibility index (Phi) is 5.28. The number of hydrogen-bond donors (Lipinski definition) is 0. The third kappa shape index (κ3) is 4.08. The van der Waals surface area contributed by atoms with Crippen LogP contribution in [0.1, 0.15) is 42.6 Å². The van der Waals surface area contributed by atoms with E-state index in [0.717, 1.165) is 37.1 Å². The van der Waals surface area contributed by atoms with E-state index in [0.29, 0.717) is 11.8 Å². The van der Waals surface area contributed by atoms with Gasteiger partial charge in [-0.1, -0.05) is 13.8 Å². The van der Waals surface area contributed by atoms with Gasteiger partial charge in [0.05, 0.1) is 11.2 Å². The first-order valence-corrected chi connectivity index (χ1v) is 9.84. The first kappa shape index (κ1) is 16.8. The van der Waals surface area contributed by atoms with Crippen molar-refractivity contribution in [3.05, 3.63) is 21.9 Å². The average Bonchev–Trinajstić information content (AvgIpc) is 3.20. The van der Waals surface area contributed by atoms with Gasteiger partial charge >= 0.3 is 0 Å². The van der Waals surface area contributed by atoms with E-state index in [1.165, 1.54) is 17.0 Å². The Bertz CT molecular complexity index is 636. The van der Waals surface area contributed by atoms with Crippen LogP contribution in [-0.2, 0) is 6.54 Å². The molecule has 0 bridgehead atoms. The molecule has 1 aliphatic rings. The highest BCUT2D eigenvalue weighted by molar-refractivity contribution is 7.10. The number of nitrogens with zero attached hydrogens (tertiary/aromatic N) is 5. The van der Waals surface area contributed by atoms with E-state index in [-0.39, 0.29) is 0 Å². The minimum absolute atomic E-state index is 0.409. The van der Waals surface area contributed by atoms with Gasteiger partial charge in [0.25, 0.3) is 0 Å². The van der Waals surface area contributed by atoms with Crippen molar-refractivity contribution in [2.45, 2.75) is 39.7 Å². The molecule has 0 aliphatic carbocycles. The fraction of sp³-hybridized carbons (Fsp3) is 0.688. The second-order valence-corrected chi connectivity index (χ2v) is 8.42. The summed E-state index contributed by atoms with van der Waals surface area (Å²) < 4.78 is 4.48. The largest absolute Gasteiger partial charge is 0.347 e. The molecule has 7 heteroatoms. The molecule has 3 heterocycles. The van der Waals surface area contributed by atoms with Crippen LogP contribution >= 0.6 is 22.9 Å². The maximum Gasteiger partial charge on any atom is 0.205 e. The Morgan fingerprint density at radius 3 is 2.91 bits per heavy atom. The maximum atomic E-state index is 4.69. The molecule has 3 rings (SSSR count). The van der Waals surface area contributed by atoms with E-state index < -0.39 is 0 Å². The van der Waals surface area contributed by atoms with Crippen LogP contribution in [0.25, 0.3) is 0 Å². The van der Waals surface area contributed by atoms with Gasteiger partial charge in [-0.15, -0.1) is 11.3 Å². The summed E-state index contributed by atoms with van der Waals surface area (Å²) in [5.74, 6) is 2.10. The van der Waals surface area contributed by atoms with Gasteiger partial charge in [-0.25, -0.2) is 9.97 Å². The van der Waals surface area contributed by atoms with Crippen LogP contribution in [0.4, 0.5) is 5.13 Å². The van der Waals surface area contributed by atoms with Crippen LogP contribution in [0.3, 0.4) is 0 Å². The first-order chi connectivity index (χ1) is 11.0. The summed E-state index contributed by atoms with van der Waals surface area (Å²) in [6.45, 7) is 10.7. The predicted molar refractivity (Wildman–Crippen MR) is 97.5 cm³/mol. The van der Waals surface area contributed by atoms with E-state index in [1.807, 2.05) is 5.51 Å². The van der Waals surface area contributed by atoms with Crippen molar-refractivity contribution in [2.75, 3.05) is 31.6 Å². The summed E-state index contributed by atoms with van der Waals surface area (Å²) in [5, 5.41) is 1.09. The summed E-state index contributed by atoms with van der Waals surface area (Å²) >= 11 is 3.31. The van der Waals surface area contributed by atoms with Crippen LogP contribution in [0, 0.1) is 12.8 Å². The lowest BCUT2D eigenvalue weighted by atomic mass is 10.1. The number of anilines is 1. The van der Waals surface area contributed by atoms with E-state index in [4.69, 9.17) is 4.98 Å². The fourth-order valence-corrected chi connectivity index (χ4v) is 4.67. The fourth-order valence-electron chi connectivity index (χ4n) is 2.97. The third-order valence-corrected chi connectivity index (χ3v) is 6.04. The molecule has 0 aromatic carbocycles. The molecule has 0 unspecified atom stereocenters. The maximum absolute atomic E-state index is 4.69. The Morgan fingerprint density at radius 1 is 1.43 bits per heavy atom. The lowest BCUT2D eigenvalue weighted by Gasteiger charge is -2.21. The molecule has 1 aliphatic heterocycles. The second kappa shape index (κ2) is 7.23. The lowest BCUT2D eigenvalue weighted by molar-refractivity contribution is 0.281. The molecule has 23 heavy (non-hydrogen) atoms. The van der Waals surface area contributed by atoms with E-state index >= 15 is 0 Å². The number of rotatable bonds is 6. The highest BCUT2D eigenvalue weighted by Gasteiger charge is 2.26. The van der Waals surface area contributed by atoms with Crippen molar-refractivity contribution in [3.8, 4) is 0 Å². The van der Waals surface area contributed by atoms with Gasteiger partial charge in [-0.2, -0.15) is 4.37 Å². The summed E-state index contributed by atoms with van der Waals surface area (Å²) in [6, 6.07) is 0. The molecule has 2 aromatic heterocycles. The van der Waals surface area contributed by atoms with Crippen LogP contribution in [-0.4, -0.2) is 45.9 Å². The van der Waals surface area contributed by atoms with Gasteiger partial charge in [-0.3, -0.25) is 0 Å². The Balaban J connectivity index is 1.52. The highest BCUT2D eigenvalue weighted by atomic mass is 32.1. The normalized spacial score (nSPS) is 18.5. The smallest absolute Gasteiger partial charge is 0.205 e. The van der Waals surface area contributed by atoms with Crippen LogP contribution in [0.5, 0.6) is 0 Å². The average molecular weight is 352 g/mol. The Labute approximate surface area is 146 Å². The number of aromatic nitrogens is 3. The van der Waals surface area contributed by atoms with E-state index in [2.05, 4.69) is 47.0 Å². The monoisotopic (exact) mass is 351 g/mol. The van der Waals surface area contributed by atoms with Crippen molar-refractivity contribution in [1.29, 1.82) is 0 Å². The second-order valence-electron chi connectivity index (χ2n) is 6.75.